The lowest BCUT2D eigenvalue weighted by molar-refractivity contribution is -0.141. The first-order valence-electron chi connectivity index (χ1n) is 10.8. The molecule has 0 unspecified atom stereocenters. The van der Waals surface area contributed by atoms with Crippen molar-refractivity contribution in [3.8, 4) is 0 Å². The van der Waals surface area contributed by atoms with Gasteiger partial charge in [0.25, 0.3) is 0 Å². The van der Waals surface area contributed by atoms with Gasteiger partial charge in [-0.2, -0.15) is 0 Å². The van der Waals surface area contributed by atoms with E-state index in [0.29, 0.717) is 23.7 Å². The van der Waals surface area contributed by atoms with Gasteiger partial charge in [0.15, 0.2) is 5.78 Å². The Hall–Kier alpha value is -1.38. The number of hydrogen-bond donors (Lipinski definition) is 0. The van der Waals surface area contributed by atoms with Crippen LogP contribution in [0.1, 0.15) is 71.6 Å². The highest BCUT2D eigenvalue weighted by atomic mass is 16.5. The summed E-state index contributed by atoms with van der Waals surface area (Å²) in [5, 5.41) is 0. The largest absolute Gasteiger partial charge is 0.469 e. The van der Waals surface area contributed by atoms with E-state index in [-0.39, 0.29) is 17.2 Å². The molecule has 3 nitrogen and oxygen atoms in total. The minimum atomic E-state index is -0.0684. The van der Waals surface area contributed by atoms with Crippen LogP contribution in [0.5, 0.6) is 0 Å². The molecule has 0 aromatic carbocycles. The fraction of sp³-hybridized carbons (Fsp3) is 0.750. The number of rotatable bonds is 3. The molecule has 0 spiro atoms. The summed E-state index contributed by atoms with van der Waals surface area (Å²) >= 11 is 0. The highest BCUT2D eigenvalue weighted by molar-refractivity contribution is 6.05. The second-order valence-electron chi connectivity index (χ2n) is 10.1. The van der Waals surface area contributed by atoms with Gasteiger partial charge in [0.2, 0.25) is 0 Å². The first-order chi connectivity index (χ1) is 12.8. The standard InChI is InChI=1S/C24H34O3/c1-15-14-24(3)17(13-21(15)25)5-8-18-19-9-6-16(7-10-22(26)27-4)23(19,2)12-11-20(18)24/h13,16,18-20H,1,5-12,14H2,2-4H3/t16-,18-,19-,20-,23+,24-/m0/s1. The van der Waals surface area contributed by atoms with E-state index in [1.807, 2.05) is 6.08 Å². The normalized spacial score (nSPS) is 43.4. The number of ketones is 1. The maximum absolute atomic E-state index is 12.2. The molecule has 0 saturated heterocycles. The van der Waals surface area contributed by atoms with Gasteiger partial charge in [-0.15, -0.1) is 0 Å². The predicted molar refractivity (Wildman–Crippen MR) is 106 cm³/mol. The lowest BCUT2D eigenvalue weighted by Crippen LogP contribution is -2.50. The molecule has 4 rings (SSSR count). The van der Waals surface area contributed by atoms with Gasteiger partial charge in [-0.3, -0.25) is 9.59 Å². The van der Waals surface area contributed by atoms with Crippen molar-refractivity contribution in [2.75, 3.05) is 7.11 Å². The fourth-order valence-electron chi connectivity index (χ4n) is 7.58. The highest BCUT2D eigenvalue weighted by Gasteiger charge is 2.58. The number of esters is 1. The first kappa shape index (κ1) is 19.0. The number of allylic oxidation sites excluding steroid dienone is 2. The molecule has 0 heterocycles. The van der Waals surface area contributed by atoms with E-state index in [1.165, 1.54) is 44.8 Å². The summed E-state index contributed by atoms with van der Waals surface area (Å²) < 4.78 is 4.88. The monoisotopic (exact) mass is 370 g/mol. The third kappa shape index (κ3) is 2.84. The van der Waals surface area contributed by atoms with E-state index in [0.717, 1.165) is 36.7 Å². The molecule has 0 amide bonds. The number of methoxy groups -OCH3 is 1. The molecule has 0 aromatic rings. The smallest absolute Gasteiger partial charge is 0.305 e. The Morgan fingerprint density at radius 2 is 2.00 bits per heavy atom. The van der Waals surface area contributed by atoms with E-state index < -0.39 is 0 Å². The Morgan fingerprint density at radius 1 is 1.22 bits per heavy atom. The fourth-order valence-corrected chi connectivity index (χ4v) is 7.58. The number of fused-ring (bicyclic) bond motifs is 5. The summed E-state index contributed by atoms with van der Waals surface area (Å²) in [6.45, 7) is 8.97. The Labute approximate surface area is 163 Å². The topological polar surface area (TPSA) is 43.4 Å². The minimum Gasteiger partial charge on any atom is -0.469 e. The van der Waals surface area contributed by atoms with Crippen LogP contribution in [-0.4, -0.2) is 18.9 Å². The van der Waals surface area contributed by atoms with Crippen molar-refractivity contribution in [1.29, 1.82) is 0 Å². The van der Waals surface area contributed by atoms with Gasteiger partial charge in [-0.1, -0.05) is 26.0 Å². The second kappa shape index (κ2) is 6.60. The van der Waals surface area contributed by atoms with E-state index >= 15 is 0 Å². The van der Waals surface area contributed by atoms with Gasteiger partial charge in [-0.25, -0.2) is 0 Å². The predicted octanol–water partition coefficient (Wildman–Crippen LogP) is 5.25. The van der Waals surface area contributed by atoms with Crippen LogP contribution in [-0.2, 0) is 14.3 Å². The van der Waals surface area contributed by atoms with Crippen molar-refractivity contribution < 1.29 is 14.3 Å². The Bertz CT molecular complexity index is 704. The van der Waals surface area contributed by atoms with Gasteiger partial charge in [0.1, 0.15) is 0 Å². The lowest BCUT2D eigenvalue weighted by Gasteiger charge is -2.58. The first-order valence-corrected chi connectivity index (χ1v) is 10.8. The Balaban J connectivity index is 1.56. The van der Waals surface area contributed by atoms with Crippen LogP contribution in [0.4, 0.5) is 0 Å². The maximum Gasteiger partial charge on any atom is 0.305 e. The zero-order chi connectivity index (χ0) is 19.4. The molecule has 0 radical (unpaired) electrons. The number of hydrogen-bond acceptors (Lipinski definition) is 3. The number of carbonyl (C=O) groups is 2. The average molecular weight is 371 g/mol. The van der Waals surface area contributed by atoms with Gasteiger partial charge in [0, 0.05) is 6.42 Å². The second-order valence-corrected chi connectivity index (χ2v) is 10.1. The summed E-state index contributed by atoms with van der Waals surface area (Å²) in [5.74, 6) is 2.94. The number of ether oxygens (including phenoxy) is 1. The molecule has 148 valence electrons. The number of carbonyl (C=O) groups excluding carboxylic acids is 2. The van der Waals surface area contributed by atoms with Crippen molar-refractivity contribution in [2.24, 2.45) is 34.5 Å². The van der Waals surface area contributed by atoms with E-state index in [2.05, 4.69) is 20.4 Å². The van der Waals surface area contributed by atoms with E-state index in [9.17, 15) is 9.59 Å². The molecule has 0 bridgehead atoms. The highest BCUT2D eigenvalue weighted by Crippen LogP contribution is 2.67. The summed E-state index contributed by atoms with van der Waals surface area (Å²) in [4.78, 5) is 23.8. The van der Waals surface area contributed by atoms with Gasteiger partial charge in [0.05, 0.1) is 7.11 Å². The average Bonchev–Trinajstić information content (AvgIpc) is 2.97. The Kier molecular flexibility index (Phi) is 4.63. The molecule has 3 saturated carbocycles. The van der Waals surface area contributed by atoms with E-state index in [1.54, 1.807) is 0 Å². The third-order valence-electron chi connectivity index (χ3n) is 9.09. The molecule has 6 atom stereocenters. The molecular weight excluding hydrogens is 336 g/mol. The van der Waals surface area contributed by atoms with Gasteiger partial charge < -0.3 is 4.74 Å². The van der Waals surface area contributed by atoms with Crippen LogP contribution >= 0.6 is 0 Å². The van der Waals surface area contributed by atoms with Crippen LogP contribution < -0.4 is 0 Å². The van der Waals surface area contributed by atoms with Crippen molar-refractivity contribution >= 4 is 11.8 Å². The van der Waals surface area contributed by atoms with Crippen molar-refractivity contribution in [3.63, 3.8) is 0 Å². The molecule has 4 aliphatic carbocycles. The van der Waals surface area contributed by atoms with Crippen molar-refractivity contribution in [2.45, 2.75) is 71.6 Å². The van der Waals surface area contributed by atoms with Gasteiger partial charge in [-0.05, 0) is 97.5 Å². The van der Waals surface area contributed by atoms with Crippen LogP contribution in [0, 0.1) is 34.5 Å². The SMILES string of the molecule is C=C1C[C@@]2(C)C(=CC1=O)CC[C@H]1[C@@H]3CC[C@@H](CCC(=O)OC)[C@@]3(C)CC[C@@H]12. The minimum absolute atomic E-state index is 0.0684. The summed E-state index contributed by atoms with van der Waals surface area (Å²) in [7, 11) is 1.49. The Morgan fingerprint density at radius 3 is 2.74 bits per heavy atom. The van der Waals surface area contributed by atoms with Crippen LogP contribution in [0.15, 0.2) is 23.8 Å². The molecule has 3 fully saturated rings. The zero-order valence-corrected chi connectivity index (χ0v) is 17.2. The third-order valence-corrected chi connectivity index (χ3v) is 9.09. The maximum atomic E-state index is 12.2. The summed E-state index contributed by atoms with van der Waals surface area (Å²) in [6, 6.07) is 0. The van der Waals surface area contributed by atoms with E-state index in [4.69, 9.17) is 4.74 Å². The van der Waals surface area contributed by atoms with Crippen molar-refractivity contribution in [1.82, 2.24) is 0 Å². The van der Waals surface area contributed by atoms with Crippen LogP contribution in [0.2, 0.25) is 0 Å². The molecule has 0 aromatic heterocycles. The molecule has 0 N–H and O–H groups in total. The zero-order valence-electron chi connectivity index (χ0n) is 17.2. The summed E-state index contributed by atoms with van der Waals surface area (Å²) in [5.41, 5.74) is 2.70. The summed E-state index contributed by atoms with van der Waals surface area (Å²) in [6.07, 6.45) is 11.7. The molecule has 3 heteroatoms. The van der Waals surface area contributed by atoms with Crippen LogP contribution in [0.3, 0.4) is 0 Å². The molecule has 27 heavy (non-hydrogen) atoms. The molecular formula is C24H34O3. The quantitative estimate of drug-likeness (QED) is 0.503. The molecule has 4 aliphatic rings. The van der Waals surface area contributed by atoms with Gasteiger partial charge >= 0.3 is 5.97 Å². The lowest BCUT2D eigenvalue weighted by atomic mass is 9.46. The van der Waals surface area contributed by atoms with Crippen LogP contribution in [0.25, 0.3) is 0 Å². The molecule has 0 aliphatic heterocycles. The van der Waals surface area contributed by atoms with Crippen molar-refractivity contribution in [3.05, 3.63) is 23.8 Å².